The van der Waals surface area contributed by atoms with E-state index in [1.165, 1.54) is 0 Å². The third-order valence-corrected chi connectivity index (χ3v) is 4.85. The fraction of sp³-hybridized carbons (Fsp3) is 0.846. The van der Waals surface area contributed by atoms with E-state index in [1.54, 1.807) is 4.90 Å². The Kier molecular flexibility index (Phi) is 2.42. The molecule has 0 aromatic rings. The van der Waals surface area contributed by atoms with Crippen LogP contribution in [0.5, 0.6) is 0 Å². The normalized spacial score (nSPS) is 43.6. The van der Waals surface area contributed by atoms with Gasteiger partial charge in [-0.1, -0.05) is 13.3 Å². The van der Waals surface area contributed by atoms with Gasteiger partial charge in [-0.25, -0.2) is 4.79 Å². The van der Waals surface area contributed by atoms with Gasteiger partial charge in [0.2, 0.25) is 5.91 Å². The van der Waals surface area contributed by atoms with Crippen molar-refractivity contribution in [2.24, 2.45) is 23.7 Å². The lowest BCUT2D eigenvalue weighted by Crippen LogP contribution is -2.44. The van der Waals surface area contributed by atoms with E-state index in [0.29, 0.717) is 18.4 Å². The summed E-state index contributed by atoms with van der Waals surface area (Å²) in [5, 5.41) is 9.35. The highest BCUT2D eigenvalue weighted by atomic mass is 16.4. The molecule has 0 aromatic carbocycles. The molecule has 94 valence electrons. The molecule has 4 heteroatoms. The van der Waals surface area contributed by atoms with E-state index >= 15 is 0 Å². The number of likely N-dealkylation sites (tertiary alicyclic amines) is 1. The molecule has 3 fully saturated rings. The first-order chi connectivity index (χ1) is 8.09. The minimum atomic E-state index is -0.805. The second-order valence-corrected chi connectivity index (χ2v) is 5.95. The summed E-state index contributed by atoms with van der Waals surface area (Å²) in [5.74, 6) is 0.507. The van der Waals surface area contributed by atoms with Gasteiger partial charge >= 0.3 is 5.97 Å². The second kappa shape index (κ2) is 3.72. The molecule has 0 bridgehead atoms. The van der Waals surface area contributed by atoms with Crippen molar-refractivity contribution in [2.45, 2.75) is 38.6 Å². The van der Waals surface area contributed by atoms with Crippen molar-refractivity contribution in [2.75, 3.05) is 6.54 Å². The topological polar surface area (TPSA) is 57.6 Å². The summed E-state index contributed by atoms with van der Waals surface area (Å²) in [7, 11) is 0. The Morgan fingerprint density at radius 2 is 2.00 bits per heavy atom. The Morgan fingerprint density at radius 1 is 1.29 bits per heavy atom. The van der Waals surface area contributed by atoms with E-state index < -0.39 is 12.0 Å². The molecule has 2 aliphatic carbocycles. The Morgan fingerprint density at radius 3 is 2.59 bits per heavy atom. The molecule has 4 nitrogen and oxygen atoms in total. The van der Waals surface area contributed by atoms with E-state index in [2.05, 4.69) is 6.92 Å². The number of fused-ring (bicyclic) bond motifs is 1. The molecule has 17 heavy (non-hydrogen) atoms. The number of carbonyl (C=O) groups is 2. The van der Waals surface area contributed by atoms with Crippen molar-refractivity contribution in [3.05, 3.63) is 0 Å². The smallest absolute Gasteiger partial charge is 0.326 e. The molecule has 1 N–H and O–H groups in total. The first-order valence-corrected chi connectivity index (χ1v) is 6.63. The number of carbonyl (C=O) groups excluding carboxylic acids is 1. The zero-order valence-corrected chi connectivity index (χ0v) is 10.1. The summed E-state index contributed by atoms with van der Waals surface area (Å²) in [6.07, 6.45) is 4.14. The van der Waals surface area contributed by atoms with Gasteiger partial charge in [0.15, 0.2) is 0 Å². The number of amides is 1. The van der Waals surface area contributed by atoms with Crippen molar-refractivity contribution in [1.29, 1.82) is 0 Å². The minimum Gasteiger partial charge on any atom is -0.480 e. The van der Waals surface area contributed by atoms with Gasteiger partial charge in [0.1, 0.15) is 6.04 Å². The van der Waals surface area contributed by atoms with Crippen LogP contribution in [0, 0.1) is 23.7 Å². The van der Waals surface area contributed by atoms with Crippen LogP contribution in [0.1, 0.15) is 32.6 Å². The lowest BCUT2D eigenvalue weighted by Gasteiger charge is -2.24. The van der Waals surface area contributed by atoms with Crippen molar-refractivity contribution in [3.63, 3.8) is 0 Å². The summed E-state index contributed by atoms with van der Waals surface area (Å²) >= 11 is 0. The van der Waals surface area contributed by atoms with Gasteiger partial charge in [-0.15, -0.1) is 0 Å². The maximum Gasteiger partial charge on any atom is 0.326 e. The zero-order valence-electron chi connectivity index (χ0n) is 10.1. The van der Waals surface area contributed by atoms with Crippen LogP contribution in [0.3, 0.4) is 0 Å². The zero-order chi connectivity index (χ0) is 12.2. The van der Waals surface area contributed by atoms with Crippen LogP contribution in [0.25, 0.3) is 0 Å². The molecule has 1 heterocycles. The molecule has 1 amide bonds. The summed E-state index contributed by atoms with van der Waals surface area (Å²) in [5.41, 5.74) is 0. The molecule has 2 saturated carbocycles. The maximum absolute atomic E-state index is 12.2. The molecular formula is C13H19NO3. The Bertz CT molecular complexity index is 368. The molecule has 0 aromatic heterocycles. The van der Waals surface area contributed by atoms with Crippen LogP contribution in [0.15, 0.2) is 0 Å². The number of rotatable bonds is 2. The van der Waals surface area contributed by atoms with E-state index in [1.807, 2.05) is 0 Å². The molecule has 0 spiro atoms. The Hall–Kier alpha value is -1.06. The highest BCUT2D eigenvalue weighted by Crippen LogP contribution is 2.46. The maximum atomic E-state index is 12.2. The highest BCUT2D eigenvalue weighted by Gasteiger charge is 2.53. The van der Waals surface area contributed by atoms with Gasteiger partial charge < -0.3 is 10.0 Å². The molecular weight excluding hydrogens is 218 g/mol. The first kappa shape index (κ1) is 11.1. The van der Waals surface area contributed by atoms with E-state index in [9.17, 15) is 14.7 Å². The van der Waals surface area contributed by atoms with Gasteiger partial charge in [0, 0.05) is 12.5 Å². The number of carboxylic acids is 1. The second-order valence-electron chi connectivity index (χ2n) is 5.95. The minimum absolute atomic E-state index is 0.0966. The van der Waals surface area contributed by atoms with Crippen LogP contribution in [-0.2, 0) is 9.59 Å². The highest BCUT2D eigenvalue weighted by molar-refractivity contribution is 5.87. The summed E-state index contributed by atoms with van der Waals surface area (Å²) in [6.45, 7) is 2.75. The number of hydrogen-bond donors (Lipinski definition) is 1. The monoisotopic (exact) mass is 237 g/mol. The summed E-state index contributed by atoms with van der Waals surface area (Å²) in [4.78, 5) is 25.3. The molecule has 5 atom stereocenters. The molecule has 5 unspecified atom stereocenters. The van der Waals surface area contributed by atoms with Crippen LogP contribution < -0.4 is 0 Å². The predicted molar refractivity (Wildman–Crippen MR) is 61.2 cm³/mol. The average molecular weight is 237 g/mol. The molecule has 1 aliphatic heterocycles. The molecule has 3 rings (SSSR count). The Labute approximate surface area is 101 Å². The average Bonchev–Trinajstić information content (AvgIpc) is 2.72. The third kappa shape index (κ3) is 1.65. The lowest BCUT2D eigenvalue weighted by atomic mass is 9.94. The number of carboxylic acid groups (broad SMARTS) is 1. The van der Waals surface area contributed by atoms with Crippen molar-refractivity contribution >= 4 is 11.9 Å². The summed E-state index contributed by atoms with van der Waals surface area (Å²) in [6, 6.07) is -0.539. The van der Waals surface area contributed by atoms with Crippen molar-refractivity contribution in [1.82, 2.24) is 4.90 Å². The number of aliphatic carboxylic acids is 1. The quantitative estimate of drug-likeness (QED) is 0.788. The summed E-state index contributed by atoms with van der Waals surface area (Å²) < 4.78 is 0. The van der Waals surface area contributed by atoms with Crippen LogP contribution in [0.4, 0.5) is 0 Å². The third-order valence-electron chi connectivity index (χ3n) is 4.85. The fourth-order valence-corrected chi connectivity index (χ4v) is 3.73. The SMILES string of the molecule is CC1CC1C(=O)N1CC2CCCC2C1C(=O)O. The molecule has 1 saturated heterocycles. The fourth-order valence-electron chi connectivity index (χ4n) is 3.73. The lowest BCUT2D eigenvalue weighted by molar-refractivity contribution is -0.150. The van der Waals surface area contributed by atoms with Gasteiger partial charge in [0.05, 0.1) is 0 Å². The standard InChI is InChI=1S/C13H19NO3/c1-7-5-10(7)12(15)14-6-8-3-2-4-9(8)11(14)13(16)17/h7-11H,2-6H2,1H3,(H,16,17). The van der Waals surface area contributed by atoms with Gasteiger partial charge in [0.25, 0.3) is 0 Å². The van der Waals surface area contributed by atoms with E-state index in [-0.39, 0.29) is 17.7 Å². The van der Waals surface area contributed by atoms with Crippen LogP contribution in [-0.4, -0.2) is 34.5 Å². The number of hydrogen-bond acceptors (Lipinski definition) is 2. The first-order valence-electron chi connectivity index (χ1n) is 6.63. The van der Waals surface area contributed by atoms with Gasteiger partial charge in [-0.3, -0.25) is 4.79 Å². The predicted octanol–water partition coefficient (Wildman–Crippen LogP) is 1.35. The van der Waals surface area contributed by atoms with Crippen LogP contribution >= 0.6 is 0 Å². The Balaban J connectivity index is 1.79. The van der Waals surface area contributed by atoms with Crippen LogP contribution in [0.2, 0.25) is 0 Å². The van der Waals surface area contributed by atoms with Crippen molar-refractivity contribution in [3.8, 4) is 0 Å². The molecule has 3 aliphatic rings. The number of nitrogens with zero attached hydrogens (tertiary/aromatic N) is 1. The van der Waals surface area contributed by atoms with Crippen molar-refractivity contribution < 1.29 is 14.7 Å². The van der Waals surface area contributed by atoms with E-state index in [4.69, 9.17) is 0 Å². The van der Waals surface area contributed by atoms with Gasteiger partial charge in [-0.05, 0) is 37.0 Å². The van der Waals surface area contributed by atoms with E-state index in [0.717, 1.165) is 25.7 Å². The largest absolute Gasteiger partial charge is 0.480 e. The van der Waals surface area contributed by atoms with Gasteiger partial charge in [-0.2, -0.15) is 0 Å². The molecule has 0 radical (unpaired) electrons.